The van der Waals surface area contributed by atoms with Gasteiger partial charge in [0.25, 0.3) is 0 Å². The minimum Gasteiger partial charge on any atom is -0.478 e. The van der Waals surface area contributed by atoms with Gasteiger partial charge in [0.1, 0.15) is 6.07 Å². The van der Waals surface area contributed by atoms with Crippen LogP contribution < -0.4 is 5.73 Å². The Balaban J connectivity index is 2.85. The second-order valence-electron chi connectivity index (χ2n) is 4.81. The van der Waals surface area contributed by atoms with E-state index in [1.165, 1.54) is 0 Å². The van der Waals surface area contributed by atoms with Gasteiger partial charge in [-0.2, -0.15) is 18.4 Å². The van der Waals surface area contributed by atoms with Gasteiger partial charge >= 0.3 is 18.1 Å². The van der Waals surface area contributed by atoms with E-state index in [0.717, 1.165) is 30.0 Å². The fourth-order valence-corrected chi connectivity index (χ4v) is 2.21. The number of carboxylic acid groups (broad SMARTS) is 1. The summed E-state index contributed by atoms with van der Waals surface area (Å²) in [6, 6.07) is 3.91. The van der Waals surface area contributed by atoms with Crippen molar-refractivity contribution in [3.05, 3.63) is 46.8 Å². The van der Waals surface area contributed by atoms with E-state index in [-0.39, 0.29) is 11.3 Å². The highest BCUT2D eigenvalue weighted by atomic mass is 19.4. The molecule has 7 nitrogen and oxygen atoms in total. The number of rotatable bonds is 3. The maximum absolute atomic E-state index is 13.4. The molecule has 25 heavy (non-hydrogen) atoms. The lowest BCUT2D eigenvalue weighted by atomic mass is 10.1. The summed E-state index contributed by atoms with van der Waals surface area (Å²) in [5.41, 5.74) is 2.15. The average molecular weight is 353 g/mol. The van der Waals surface area contributed by atoms with Crippen molar-refractivity contribution in [1.29, 1.82) is 5.26 Å². The number of nitrogen functional groups attached to an aromatic ring is 1. The molecule has 0 bridgehead atoms. The average Bonchev–Trinajstić information content (AvgIpc) is 2.89. The number of ether oxygens (including phenoxy) is 1. The second kappa shape index (κ2) is 6.20. The van der Waals surface area contributed by atoms with Gasteiger partial charge in [-0.1, -0.05) is 0 Å². The molecule has 0 aliphatic carbocycles. The maximum atomic E-state index is 13.4. The van der Waals surface area contributed by atoms with Crippen molar-refractivity contribution < 1.29 is 32.6 Å². The monoisotopic (exact) mass is 353 g/mol. The molecule has 10 heteroatoms. The molecule has 130 valence electrons. The highest BCUT2D eigenvalue weighted by Gasteiger charge is 2.36. The van der Waals surface area contributed by atoms with Crippen LogP contribution in [0, 0.1) is 11.3 Å². The summed E-state index contributed by atoms with van der Waals surface area (Å²) in [6.07, 6.45) is -3.97. The third kappa shape index (κ3) is 3.12. The third-order valence-electron chi connectivity index (χ3n) is 3.35. The van der Waals surface area contributed by atoms with Crippen LogP contribution >= 0.6 is 0 Å². The highest BCUT2D eigenvalue weighted by molar-refractivity contribution is 5.96. The Kier molecular flexibility index (Phi) is 4.43. The number of nitrogens with two attached hydrogens (primary N) is 1. The van der Waals surface area contributed by atoms with Crippen LogP contribution in [-0.4, -0.2) is 28.7 Å². The highest BCUT2D eigenvalue weighted by Crippen LogP contribution is 2.36. The predicted octanol–water partition coefficient (Wildman–Crippen LogP) is 2.43. The van der Waals surface area contributed by atoms with Crippen LogP contribution in [0.4, 0.5) is 18.9 Å². The molecule has 1 heterocycles. The van der Waals surface area contributed by atoms with Gasteiger partial charge in [-0.05, 0) is 18.2 Å². The van der Waals surface area contributed by atoms with Gasteiger partial charge in [0.05, 0.1) is 35.2 Å². The molecular weight excluding hydrogens is 343 g/mol. The van der Waals surface area contributed by atoms with Crippen molar-refractivity contribution in [2.75, 3.05) is 12.8 Å². The lowest BCUT2D eigenvalue weighted by molar-refractivity contribution is -0.137. The Morgan fingerprint density at radius 2 is 2.00 bits per heavy atom. The maximum Gasteiger partial charge on any atom is 0.418 e. The van der Waals surface area contributed by atoms with E-state index in [0.29, 0.717) is 6.07 Å². The van der Waals surface area contributed by atoms with Crippen molar-refractivity contribution in [1.82, 2.24) is 4.57 Å². The number of hydrogen-bond acceptors (Lipinski definition) is 5. The molecule has 0 radical (unpaired) electrons. The fourth-order valence-electron chi connectivity index (χ4n) is 2.21. The number of aromatic nitrogens is 1. The lowest BCUT2D eigenvalue weighted by Crippen LogP contribution is -2.16. The first-order chi connectivity index (χ1) is 11.6. The van der Waals surface area contributed by atoms with Gasteiger partial charge < -0.3 is 20.1 Å². The Hall–Kier alpha value is -3.48. The molecule has 0 saturated carbocycles. The molecule has 0 aliphatic heterocycles. The molecule has 0 amide bonds. The van der Waals surface area contributed by atoms with Gasteiger partial charge in [0.2, 0.25) is 0 Å². The molecule has 0 fully saturated rings. The number of nitriles is 1. The molecule has 0 atom stereocenters. The molecule has 2 rings (SSSR count). The number of halogens is 3. The van der Waals surface area contributed by atoms with E-state index in [2.05, 4.69) is 4.74 Å². The molecule has 1 aromatic heterocycles. The van der Waals surface area contributed by atoms with Crippen molar-refractivity contribution in [3.8, 4) is 11.8 Å². The second-order valence-corrected chi connectivity index (χ2v) is 4.81. The zero-order valence-corrected chi connectivity index (χ0v) is 12.6. The number of nitrogens with zero attached hydrogens (tertiary/aromatic N) is 2. The van der Waals surface area contributed by atoms with Crippen LogP contribution in [0.25, 0.3) is 5.69 Å². The van der Waals surface area contributed by atoms with E-state index in [4.69, 9.17) is 16.1 Å². The Morgan fingerprint density at radius 1 is 1.36 bits per heavy atom. The topological polar surface area (TPSA) is 118 Å². The number of carbonyl (C=O) groups excluding carboxylic acids is 1. The van der Waals surface area contributed by atoms with E-state index in [1.807, 2.05) is 0 Å². The van der Waals surface area contributed by atoms with E-state index < -0.39 is 40.6 Å². The van der Waals surface area contributed by atoms with Crippen LogP contribution in [0.1, 0.15) is 32.0 Å². The number of benzene rings is 1. The number of methoxy groups -OCH3 is 1. The minimum atomic E-state index is -4.92. The van der Waals surface area contributed by atoms with Gasteiger partial charge in [-0.25, -0.2) is 9.59 Å². The number of anilines is 1. The smallest absolute Gasteiger partial charge is 0.418 e. The van der Waals surface area contributed by atoms with Crippen molar-refractivity contribution in [2.45, 2.75) is 6.18 Å². The minimum absolute atomic E-state index is 0.226. The van der Waals surface area contributed by atoms with Crippen molar-refractivity contribution in [2.24, 2.45) is 0 Å². The molecule has 0 unspecified atom stereocenters. The summed E-state index contributed by atoms with van der Waals surface area (Å²) in [6.45, 7) is 0. The van der Waals surface area contributed by atoms with Crippen molar-refractivity contribution >= 4 is 17.6 Å². The summed E-state index contributed by atoms with van der Waals surface area (Å²) in [4.78, 5) is 22.8. The van der Waals surface area contributed by atoms with Crippen LogP contribution in [0.2, 0.25) is 0 Å². The number of carboxylic acids is 1. The summed E-state index contributed by atoms with van der Waals surface area (Å²) in [5, 5.41) is 17.9. The zero-order chi connectivity index (χ0) is 18.9. The number of aromatic carboxylic acids is 1. The van der Waals surface area contributed by atoms with Crippen LogP contribution in [0.3, 0.4) is 0 Å². The van der Waals surface area contributed by atoms with Crippen molar-refractivity contribution in [3.63, 3.8) is 0 Å². The summed E-state index contributed by atoms with van der Waals surface area (Å²) >= 11 is 0. The molecule has 2 aromatic rings. The summed E-state index contributed by atoms with van der Waals surface area (Å²) in [5.74, 6) is -2.59. The standard InChI is InChI=1S/C15H10F3N3O4/c1-25-14(24)12-11(20)8(5-19)6-21(12)10-3-2-7(13(22)23)4-9(10)15(16,17)18/h2-4,6H,20H2,1H3,(H,22,23). The SMILES string of the molecule is COC(=O)c1c(N)c(C#N)cn1-c1ccc(C(=O)O)cc1C(F)(F)F. The molecule has 3 N–H and O–H groups in total. The largest absolute Gasteiger partial charge is 0.478 e. The Labute approximate surface area is 138 Å². The first kappa shape index (κ1) is 17.9. The van der Waals surface area contributed by atoms with Gasteiger partial charge in [0, 0.05) is 6.20 Å². The zero-order valence-electron chi connectivity index (χ0n) is 12.6. The third-order valence-corrected chi connectivity index (χ3v) is 3.35. The predicted molar refractivity (Wildman–Crippen MR) is 78.2 cm³/mol. The summed E-state index contributed by atoms with van der Waals surface area (Å²) in [7, 11) is 1.00. The molecule has 1 aromatic carbocycles. The van der Waals surface area contributed by atoms with E-state index in [1.54, 1.807) is 6.07 Å². The van der Waals surface area contributed by atoms with Gasteiger partial charge in [-0.3, -0.25) is 0 Å². The van der Waals surface area contributed by atoms with Crippen LogP contribution in [0.15, 0.2) is 24.4 Å². The van der Waals surface area contributed by atoms with E-state index >= 15 is 0 Å². The number of carbonyl (C=O) groups is 2. The fraction of sp³-hybridized carbons (Fsp3) is 0.133. The lowest BCUT2D eigenvalue weighted by Gasteiger charge is -2.16. The Bertz CT molecular complexity index is 910. The number of alkyl halides is 3. The van der Waals surface area contributed by atoms with Crippen LogP contribution in [0.5, 0.6) is 0 Å². The number of esters is 1. The molecule has 0 saturated heterocycles. The molecular formula is C15H10F3N3O4. The first-order valence-electron chi connectivity index (χ1n) is 6.56. The normalized spacial score (nSPS) is 11.0. The molecule has 0 aliphatic rings. The van der Waals surface area contributed by atoms with Crippen LogP contribution in [-0.2, 0) is 10.9 Å². The quantitative estimate of drug-likeness (QED) is 0.818. The van der Waals surface area contributed by atoms with Gasteiger partial charge in [-0.15, -0.1) is 0 Å². The van der Waals surface area contributed by atoms with E-state index in [9.17, 15) is 22.8 Å². The van der Waals surface area contributed by atoms with Gasteiger partial charge in [0.15, 0.2) is 5.69 Å². The first-order valence-corrected chi connectivity index (χ1v) is 6.56. The Morgan fingerprint density at radius 3 is 2.48 bits per heavy atom. The number of hydrogen-bond donors (Lipinski definition) is 2. The molecule has 0 spiro atoms. The summed E-state index contributed by atoms with van der Waals surface area (Å²) < 4.78 is 45.3.